The first-order chi connectivity index (χ1) is 9.78. The molecule has 0 spiro atoms. The molecule has 1 aromatic carbocycles. The van der Waals surface area contributed by atoms with Gasteiger partial charge in [0.2, 0.25) is 5.91 Å². The van der Waals surface area contributed by atoms with Gasteiger partial charge >= 0.3 is 0 Å². The second-order valence-corrected chi connectivity index (χ2v) is 5.20. The highest BCUT2D eigenvalue weighted by Gasteiger charge is 2.11. The van der Waals surface area contributed by atoms with Crippen molar-refractivity contribution >= 4 is 22.4 Å². The van der Waals surface area contributed by atoms with Gasteiger partial charge in [0.1, 0.15) is 0 Å². The number of aromatic nitrogens is 1. The zero-order valence-electron chi connectivity index (χ0n) is 11.0. The topological polar surface area (TPSA) is 65.5 Å². The minimum atomic E-state index is -0.121. The third kappa shape index (κ3) is 4.73. The molecule has 20 heavy (non-hydrogen) atoms. The number of hydrogen-bond donors (Lipinski definition) is 2. The van der Waals surface area contributed by atoms with Crippen molar-refractivity contribution in [2.24, 2.45) is 0 Å². The van der Waals surface area contributed by atoms with Crippen LogP contribution < -0.4 is 5.32 Å². The van der Waals surface area contributed by atoms with E-state index in [2.05, 4.69) is 10.3 Å². The van der Waals surface area contributed by atoms with Gasteiger partial charge in [-0.3, -0.25) is 9.69 Å². The van der Waals surface area contributed by atoms with Crippen LogP contribution in [0.4, 0.5) is 5.13 Å². The van der Waals surface area contributed by atoms with Gasteiger partial charge in [-0.15, -0.1) is 11.3 Å². The van der Waals surface area contributed by atoms with Crippen molar-refractivity contribution in [1.82, 2.24) is 9.88 Å². The molecule has 0 fully saturated rings. The first-order valence-electron chi connectivity index (χ1n) is 6.34. The maximum Gasteiger partial charge on any atom is 0.240 e. The summed E-state index contributed by atoms with van der Waals surface area (Å²) in [7, 11) is 0. The van der Waals surface area contributed by atoms with Crippen LogP contribution in [0.25, 0.3) is 0 Å². The van der Waals surface area contributed by atoms with Crippen LogP contribution in [0.3, 0.4) is 0 Å². The number of nitrogens with zero attached hydrogens (tertiary/aromatic N) is 2. The molecular formula is C14H17N3O2S. The van der Waals surface area contributed by atoms with Gasteiger partial charge in [0.25, 0.3) is 0 Å². The number of carbonyl (C=O) groups is 1. The Morgan fingerprint density at radius 3 is 2.80 bits per heavy atom. The van der Waals surface area contributed by atoms with Crippen LogP contribution in [0.2, 0.25) is 0 Å². The van der Waals surface area contributed by atoms with Crippen LogP contribution in [0.1, 0.15) is 5.56 Å². The molecule has 0 saturated carbocycles. The highest BCUT2D eigenvalue weighted by Crippen LogP contribution is 2.10. The minimum absolute atomic E-state index is 0.0252. The number of carbonyl (C=O) groups excluding carboxylic acids is 1. The molecular weight excluding hydrogens is 274 g/mol. The van der Waals surface area contributed by atoms with Crippen LogP contribution in [0.15, 0.2) is 41.9 Å². The van der Waals surface area contributed by atoms with Crippen molar-refractivity contribution in [1.29, 1.82) is 0 Å². The molecule has 106 valence electrons. The zero-order chi connectivity index (χ0) is 14.2. The number of benzene rings is 1. The van der Waals surface area contributed by atoms with Crippen molar-refractivity contribution in [3.8, 4) is 0 Å². The van der Waals surface area contributed by atoms with E-state index in [1.165, 1.54) is 11.3 Å². The predicted molar refractivity (Wildman–Crippen MR) is 79.5 cm³/mol. The third-order valence-corrected chi connectivity index (χ3v) is 3.40. The van der Waals surface area contributed by atoms with E-state index in [1.54, 1.807) is 6.20 Å². The molecule has 1 heterocycles. The summed E-state index contributed by atoms with van der Waals surface area (Å²) in [6, 6.07) is 9.88. The maximum atomic E-state index is 11.9. The van der Waals surface area contributed by atoms with Gasteiger partial charge in [0.15, 0.2) is 5.13 Å². The molecule has 1 aromatic heterocycles. The first-order valence-corrected chi connectivity index (χ1v) is 7.22. The van der Waals surface area contributed by atoms with Gasteiger partial charge in [0, 0.05) is 24.7 Å². The van der Waals surface area contributed by atoms with Crippen molar-refractivity contribution in [3.63, 3.8) is 0 Å². The zero-order valence-corrected chi connectivity index (χ0v) is 11.8. The second kappa shape index (κ2) is 7.74. The number of amides is 1. The number of aliphatic hydroxyl groups excluding tert-OH is 1. The van der Waals surface area contributed by atoms with E-state index in [9.17, 15) is 4.79 Å². The number of thiazole rings is 1. The van der Waals surface area contributed by atoms with Gasteiger partial charge in [-0.25, -0.2) is 4.98 Å². The summed E-state index contributed by atoms with van der Waals surface area (Å²) >= 11 is 1.38. The molecule has 2 aromatic rings. The maximum absolute atomic E-state index is 11.9. The van der Waals surface area contributed by atoms with Gasteiger partial charge in [0.05, 0.1) is 13.2 Å². The molecule has 0 aliphatic rings. The quantitative estimate of drug-likeness (QED) is 0.813. The van der Waals surface area contributed by atoms with Crippen LogP contribution in [0, 0.1) is 0 Å². The van der Waals surface area contributed by atoms with E-state index < -0.39 is 0 Å². The van der Waals surface area contributed by atoms with Gasteiger partial charge < -0.3 is 10.4 Å². The van der Waals surface area contributed by atoms with Crippen LogP contribution in [0.5, 0.6) is 0 Å². The Labute approximate surface area is 121 Å². The molecule has 0 saturated heterocycles. The SMILES string of the molecule is O=C(CN(CCO)Cc1ccccc1)Nc1nccs1. The molecule has 0 unspecified atom stereocenters. The van der Waals surface area contributed by atoms with E-state index >= 15 is 0 Å². The fraction of sp³-hybridized carbons (Fsp3) is 0.286. The average Bonchev–Trinajstić information content (AvgIpc) is 2.93. The summed E-state index contributed by atoms with van der Waals surface area (Å²) in [6.45, 7) is 1.35. The molecule has 2 N–H and O–H groups in total. The molecule has 0 bridgehead atoms. The van der Waals surface area contributed by atoms with Gasteiger partial charge in [-0.1, -0.05) is 30.3 Å². The number of rotatable bonds is 7. The lowest BCUT2D eigenvalue weighted by Crippen LogP contribution is -2.34. The average molecular weight is 291 g/mol. The third-order valence-electron chi connectivity index (χ3n) is 2.71. The molecule has 0 aliphatic heterocycles. The van der Waals surface area contributed by atoms with Crippen LogP contribution in [-0.2, 0) is 11.3 Å². The summed E-state index contributed by atoms with van der Waals surface area (Å²) in [5.74, 6) is -0.121. The fourth-order valence-corrected chi connectivity index (χ4v) is 2.39. The van der Waals surface area contributed by atoms with E-state index in [0.29, 0.717) is 18.2 Å². The lowest BCUT2D eigenvalue weighted by atomic mass is 10.2. The van der Waals surface area contributed by atoms with E-state index in [4.69, 9.17) is 5.11 Å². The lowest BCUT2D eigenvalue weighted by Gasteiger charge is -2.20. The summed E-state index contributed by atoms with van der Waals surface area (Å²) in [5, 5.41) is 14.2. The largest absolute Gasteiger partial charge is 0.395 e. The van der Waals surface area contributed by atoms with E-state index in [0.717, 1.165) is 5.56 Å². The summed E-state index contributed by atoms with van der Waals surface area (Å²) in [4.78, 5) is 17.8. The number of nitrogens with one attached hydrogen (secondary N) is 1. The van der Waals surface area contributed by atoms with E-state index in [-0.39, 0.29) is 19.1 Å². The predicted octanol–water partition coefficient (Wildman–Crippen LogP) is 1.58. The van der Waals surface area contributed by atoms with Crippen molar-refractivity contribution in [3.05, 3.63) is 47.5 Å². The first kappa shape index (κ1) is 14.6. The molecule has 0 radical (unpaired) electrons. The van der Waals surface area contributed by atoms with Crippen molar-refractivity contribution in [2.75, 3.05) is 25.0 Å². The Hall–Kier alpha value is -1.76. The smallest absolute Gasteiger partial charge is 0.240 e. The Morgan fingerprint density at radius 2 is 2.15 bits per heavy atom. The van der Waals surface area contributed by atoms with E-state index in [1.807, 2.05) is 40.6 Å². The number of anilines is 1. The number of hydrogen-bond acceptors (Lipinski definition) is 5. The molecule has 0 atom stereocenters. The normalized spacial score (nSPS) is 10.7. The molecule has 2 rings (SSSR count). The van der Waals surface area contributed by atoms with Crippen LogP contribution in [-0.4, -0.2) is 40.6 Å². The van der Waals surface area contributed by atoms with Gasteiger partial charge in [-0.05, 0) is 5.56 Å². The summed E-state index contributed by atoms with van der Waals surface area (Å²) in [6.07, 6.45) is 1.65. The Bertz CT molecular complexity index is 516. The number of aliphatic hydroxyl groups is 1. The fourth-order valence-electron chi connectivity index (χ4n) is 1.84. The Balaban J connectivity index is 1.89. The molecule has 1 amide bonds. The molecule has 6 heteroatoms. The Morgan fingerprint density at radius 1 is 1.35 bits per heavy atom. The Kier molecular flexibility index (Phi) is 5.67. The lowest BCUT2D eigenvalue weighted by molar-refractivity contribution is -0.117. The standard InChI is InChI=1S/C14H17N3O2S/c18-8-7-17(10-12-4-2-1-3-5-12)11-13(19)16-14-15-6-9-20-14/h1-6,9,18H,7-8,10-11H2,(H,15,16,19). The van der Waals surface area contributed by atoms with Crippen molar-refractivity contribution in [2.45, 2.75) is 6.54 Å². The van der Waals surface area contributed by atoms with Crippen molar-refractivity contribution < 1.29 is 9.90 Å². The summed E-state index contributed by atoms with van der Waals surface area (Å²) < 4.78 is 0. The monoisotopic (exact) mass is 291 g/mol. The minimum Gasteiger partial charge on any atom is -0.395 e. The van der Waals surface area contributed by atoms with Crippen LogP contribution >= 0.6 is 11.3 Å². The van der Waals surface area contributed by atoms with Gasteiger partial charge in [-0.2, -0.15) is 0 Å². The molecule has 5 nitrogen and oxygen atoms in total. The second-order valence-electron chi connectivity index (χ2n) is 4.31. The molecule has 0 aliphatic carbocycles. The highest BCUT2D eigenvalue weighted by atomic mass is 32.1. The summed E-state index contributed by atoms with van der Waals surface area (Å²) in [5.41, 5.74) is 1.11. The highest BCUT2D eigenvalue weighted by molar-refractivity contribution is 7.13.